The first kappa shape index (κ1) is 27.9. The third kappa shape index (κ3) is 5.80. The molecule has 0 atom stereocenters. The number of halogens is 3. The van der Waals surface area contributed by atoms with Gasteiger partial charge in [-0.1, -0.05) is 66.8 Å². The minimum Gasteiger partial charge on any atom is -0.273 e. The molecule has 1 aliphatic carbocycles. The molecule has 0 aliphatic heterocycles. The molecule has 0 saturated heterocycles. The quantitative estimate of drug-likeness (QED) is 0.193. The van der Waals surface area contributed by atoms with Crippen molar-refractivity contribution in [2.45, 2.75) is 58.0 Å². The summed E-state index contributed by atoms with van der Waals surface area (Å²) in [5.74, 6) is 5.58. The smallest absolute Gasteiger partial charge is 0.273 e. The molecular formula is C28H27F3N4OS2. The molecule has 0 fully saturated rings. The predicted molar refractivity (Wildman–Crippen MR) is 148 cm³/mol. The van der Waals surface area contributed by atoms with Gasteiger partial charge in [-0.3, -0.25) is 4.79 Å². The van der Waals surface area contributed by atoms with E-state index in [1.807, 2.05) is 18.4 Å². The number of thiophene rings is 1. The highest BCUT2D eigenvalue weighted by Crippen LogP contribution is 2.45. The molecule has 4 rings (SSSR count). The molecule has 10 heteroatoms. The zero-order chi connectivity index (χ0) is 27.4. The van der Waals surface area contributed by atoms with E-state index in [0.29, 0.717) is 10.2 Å². The van der Waals surface area contributed by atoms with E-state index in [-0.39, 0.29) is 22.5 Å². The van der Waals surface area contributed by atoms with Crippen LogP contribution in [0.25, 0.3) is 15.1 Å². The van der Waals surface area contributed by atoms with Crippen LogP contribution in [0.2, 0.25) is 0 Å². The molecular weight excluding hydrogens is 529 g/mol. The number of aromatic nitrogens is 1. The number of hydrogen-bond donors (Lipinski definition) is 1. The van der Waals surface area contributed by atoms with Crippen molar-refractivity contribution in [1.29, 1.82) is 5.26 Å². The number of hydrazine groups is 1. The van der Waals surface area contributed by atoms with Crippen LogP contribution in [-0.4, -0.2) is 10.9 Å². The summed E-state index contributed by atoms with van der Waals surface area (Å²) in [7, 11) is 0. The van der Waals surface area contributed by atoms with E-state index >= 15 is 0 Å². The predicted octanol–water partition coefficient (Wildman–Crippen LogP) is 7.53. The van der Waals surface area contributed by atoms with Crippen molar-refractivity contribution in [3.8, 4) is 6.07 Å². The molecule has 5 nitrogen and oxygen atoms in total. The molecule has 0 spiro atoms. The van der Waals surface area contributed by atoms with Gasteiger partial charge in [0.05, 0.1) is 17.5 Å². The lowest BCUT2D eigenvalue weighted by Crippen LogP contribution is -2.38. The van der Waals surface area contributed by atoms with Crippen molar-refractivity contribution < 1.29 is 18.0 Å². The molecule has 2 heterocycles. The Morgan fingerprint density at radius 3 is 2.71 bits per heavy atom. The van der Waals surface area contributed by atoms with Crippen LogP contribution in [0.3, 0.4) is 0 Å². The number of nitrogens with two attached hydrogens (primary N) is 1. The van der Waals surface area contributed by atoms with E-state index in [1.165, 1.54) is 23.9 Å². The number of aryl methyl sites for hydroxylation is 1. The molecule has 0 unspecified atom stereocenters. The Morgan fingerprint density at radius 1 is 1.29 bits per heavy atom. The number of fused-ring (bicyclic) bond motifs is 2. The number of pyridine rings is 1. The Bertz CT molecular complexity index is 1450. The number of nitriles is 1. The summed E-state index contributed by atoms with van der Waals surface area (Å²) in [5.41, 5.74) is 2.49. The number of rotatable bonds is 6. The van der Waals surface area contributed by atoms with Crippen molar-refractivity contribution in [2.75, 3.05) is 5.01 Å². The summed E-state index contributed by atoms with van der Waals surface area (Å²) in [6, 6.07) is 6.80. The van der Waals surface area contributed by atoms with Gasteiger partial charge < -0.3 is 0 Å². The minimum atomic E-state index is -4.52. The number of thioether (sulfide) groups is 1. The van der Waals surface area contributed by atoms with Crippen LogP contribution >= 0.6 is 23.1 Å². The van der Waals surface area contributed by atoms with Gasteiger partial charge in [0.25, 0.3) is 0 Å². The number of nitrogens with zero attached hydrogens (tertiary/aromatic N) is 3. The maximum atomic E-state index is 13.1. The average Bonchev–Trinajstić information content (AvgIpc) is 3.24. The normalized spacial score (nSPS) is 14.1. The molecule has 2 aromatic heterocycles. The van der Waals surface area contributed by atoms with Gasteiger partial charge in [0, 0.05) is 21.5 Å². The maximum Gasteiger partial charge on any atom is 0.416 e. The molecule has 3 aromatic rings. The van der Waals surface area contributed by atoms with Crippen LogP contribution in [0, 0.1) is 11.3 Å². The number of allylic oxidation sites excluding steroid dienone is 1. The van der Waals surface area contributed by atoms with Gasteiger partial charge in [0.15, 0.2) is 0 Å². The molecule has 0 bridgehead atoms. The summed E-state index contributed by atoms with van der Waals surface area (Å²) < 4.78 is 39.4. The Kier molecular flexibility index (Phi) is 8.61. The Morgan fingerprint density at radius 2 is 2.03 bits per heavy atom. The van der Waals surface area contributed by atoms with Crippen LogP contribution in [0.15, 0.2) is 42.3 Å². The molecule has 2 N–H and O–H groups in total. The minimum absolute atomic E-state index is 0.179. The first-order valence-electron chi connectivity index (χ1n) is 12.2. The third-order valence-electron chi connectivity index (χ3n) is 6.43. The van der Waals surface area contributed by atoms with Gasteiger partial charge in [0.1, 0.15) is 15.9 Å². The van der Waals surface area contributed by atoms with E-state index in [1.54, 1.807) is 0 Å². The van der Waals surface area contributed by atoms with Crippen LogP contribution in [0.4, 0.5) is 18.2 Å². The van der Waals surface area contributed by atoms with E-state index in [2.05, 4.69) is 12.6 Å². The van der Waals surface area contributed by atoms with Gasteiger partial charge in [-0.05, 0) is 55.2 Å². The van der Waals surface area contributed by atoms with Crippen molar-refractivity contribution in [3.05, 3.63) is 75.8 Å². The zero-order valence-electron chi connectivity index (χ0n) is 20.9. The largest absolute Gasteiger partial charge is 0.416 e. The summed E-state index contributed by atoms with van der Waals surface area (Å²) in [6.45, 7) is 6.21. The number of carbonyl (C=O) groups excluding carboxylic acids is 1. The lowest BCUT2D eigenvalue weighted by molar-refractivity contribution is -0.137. The molecule has 198 valence electrons. The standard InChI is InChI=1S/C28H27F3N4OS2/c1-3-13-37-17(2)24-20-11-6-4-5-7-12-22(20)34-26-25(24)21(16-32)27(38-26)35(33)23(36)15-18-9-8-10-19(14-18)28(29,30)31/h3,8-10,13-14H,2,4-7,11-12,15,33H2,1H3/b13-3-. The lowest BCUT2D eigenvalue weighted by Gasteiger charge is -2.19. The fraction of sp³-hybridized carbons (Fsp3) is 0.321. The molecule has 38 heavy (non-hydrogen) atoms. The highest BCUT2D eigenvalue weighted by molar-refractivity contribution is 8.10. The van der Waals surface area contributed by atoms with Crippen molar-refractivity contribution in [2.24, 2.45) is 5.84 Å². The highest BCUT2D eigenvalue weighted by Gasteiger charge is 2.31. The monoisotopic (exact) mass is 556 g/mol. The fourth-order valence-corrected chi connectivity index (χ4v) is 6.39. The summed E-state index contributed by atoms with van der Waals surface area (Å²) in [4.78, 5) is 19.4. The summed E-state index contributed by atoms with van der Waals surface area (Å²) in [6.07, 6.45) is 2.95. The second kappa shape index (κ2) is 11.7. The van der Waals surface area contributed by atoms with Crippen molar-refractivity contribution in [1.82, 2.24) is 4.98 Å². The highest BCUT2D eigenvalue weighted by atomic mass is 32.2. The SMILES string of the molecule is C=C(S/C=C\C)c1c2c(nc3sc(N(N)C(=O)Cc4cccc(C(F)(F)F)c4)c(C#N)c13)CCCCCC2. The van der Waals surface area contributed by atoms with Gasteiger partial charge in [-0.25, -0.2) is 15.8 Å². The fourth-order valence-electron chi connectivity index (χ4n) is 4.65. The first-order valence-corrected chi connectivity index (χ1v) is 13.9. The summed E-state index contributed by atoms with van der Waals surface area (Å²) in [5, 5.41) is 13.8. The number of anilines is 1. The van der Waals surface area contributed by atoms with E-state index in [9.17, 15) is 23.2 Å². The third-order valence-corrected chi connectivity index (χ3v) is 8.41. The van der Waals surface area contributed by atoms with Crippen LogP contribution in [0.5, 0.6) is 0 Å². The van der Waals surface area contributed by atoms with Gasteiger partial charge >= 0.3 is 6.18 Å². The van der Waals surface area contributed by atoms with Gasteiger partial charge in [-0.15, -0.1) is 0 Å². The zero-order valence-corrected chi connectivity index (χ0v) is 22.5. The molecule has 1 aromatic carbocycles. The molecule has 1 aliphatic rings. The van der Waals surface area contributed by atoms with Gasteiger partial charge in [-0.2, -0.15) is 18.4 Å². The number of amides is 1. The van der Waals surface area contributed by atoms with Crippen molar-refractivity contribution in [3.63, 3.8) is 0 Å². The number of carbonyl (C=O) groups is 1. The molecule has 1 amide bonds. The van der Waals surface area contributed by atoms with Crippen LogP contribution < -0.4 is 10.9 Å². The second-order valence-electron chi connectivity index (χ2n) is 9.05. The molecule has 0 radical (unpaired) electrons. The molecule has 0 saturated carbocycles. The van der Waals surface area contributed by atoms with E-state index in [4.69, 9.17) is 10.8 Å². The first-order chi connectivity index (χ1) is 18.2. The number of alkyl halides is 3. The maximum absolute atomic E-state index is 13.1. The van der Waals surface area contributed by atoms with Crippen LogP contribution in [0.1, 0.15) is 66.1 Å². The second-order valence-corrected chi connectivity index (χ2v) is 11.0. The Balaban J connectivity index is 1.80. The average molecular weight is 557 g/mol. The van der Waals surface area contributed by atoms with Gasteiger partial charge in [0.2, 0.25) is 5.91 Å². The number of benzene rings is 1. The topological polar surface area (TPSA) is 83.0 Å². The Hall–Kier alpha value is -3.13. The Labute approximate surface area is 227 Å². The lowest BCUT2D eigenvalue weighted by atomic mass is 9.91. The van der Waals surface area contributed by atoms with Crippen LogP contribution in [-0.2, 0) is 30.2 Å². The number of hydrogen-bond acceptors (Lipinski definition) is 6. The van der Waals surface area contributed by atoms with Crippen molar-refractivity contribution >= 4 is 49.1 Å². The van der Waals surface area contributed by atoms with E-state index < -0.39 is 17.6 Å². The van der Waals surface area contributed by atoms with E-state index in [0.717, 1.165) is 88.7 Å². The summed E-state index contributed by atoms with van der Waals surface area (Å²) >= 11 is 2.61.